The van der Waals surface area contributed by atoms with Gasteiger partial charge < -0.3 is 14.1 Å². The first kappa shape index (κ1) is 20.2. The standard InChI is InChI=1S/C23H24BrNO3/c1-17(9-14-20-6-5-15-27-20)25(2)23(26)19-12-10-18(11-13-19)16-28-22-8-4-3-7-21(22)24/h3-8,10-13,15,17H,9,14,16H2,1-2H3/t17-/m1/s1. The molecule has 0 N–H and O–H groups in total. The van der Waals surface area contributed by atoms with Gasteiger partial charge in [0, 0.05) is 25.1 Å². The number of hydrogen-bond acceptors (Lipinski definition) is 3. The first-order valence-electron chi connectivity index (χ1n) is 9.30. The molecule has 3 aromatic rings. The van der Waals surface area contributed by atoms with Crippen LogP contribution in [0.25, 0.3) is 0 Å². The second-order valence-corrected chi connectivity index (χ2v) is 7.65. The van der Waals surface area contributed by atoms with Crippen molar-refractivity contribution in [1.82, 2.24) is 4.90 Å². The lowest BCUT2D eigenvalue weighted by Gasteiger charge is -2.25. The summed E-state index contributed by atoms with van der Waals surface area (Å²) < 4.78 is 12.1. The molecule has 0 saturated heterocycles. The summed E-state index contributed by atoms with van der Waals surface area (Å²) in [4.78, 5) is 14.5. The van der Waals surface area contributed by atoms with E-state index in [1.807, 2.05) is 67.7 Å². The normalized spacial score (nSPS) is 11.8. The van der Waals surface area contributed by atoms with Crippen LogP contribution in [0.2, 0.25) is 0 Å². The summed E-state index contributed by atoms with van der Waals surface area (Å²) >= 11 is 3.47. The maximum absolute atomic E-state index is 12.7. The summed E-state index contributed by atoms with van der Waals surface area (Å²) in [6.07, 6.45) is 3.35. The van der Waals surface area contributed by atoms with Crippen molar-refractivity contribution in [2.24, 2.45) is 0 Å². The van der Waals surface area contributed by atoms with Gasteiger partial charge in [0.15, 0.2) is 0 Å². The minimum Gasteiger partial charge on any atom is -0.488 e. The Hall–Kier alpha value is -2.53. The zero-order chi connectivity index (χ0) is 19.9. The molecule has 0 spiro atoms. The van der Waals surface area contributed by atoms with Crippen LogP contribution in [-0.2, 0) is 13.0 Å². The number of halogens is 1. The Morgan fingerprint density at radius 1 is 1.11 bits per heavy atom. The largest absolute Gasteiger partial charge is 0.488 e. The molecule has 0 bridgehead atoms. The van der Waals surface area contributed by atoms with E-state index in [-0.39, 0.29) is 11.9 Å². The summed E-state index contributed by atoms with van der Waals surface area (Å²) in [5, 5.41) is 0. The molecule has 0 radical (unpaired) electrons. The van der Waals surface area contributed by atoms with Crippen LogP contribution >= 0.6 is 15.9 Å². The number of rotatable bonds is 8. The highest BCUT2D eigenvalue weighted by Crippen LogP contribution is 2.24. The molecule has 5 heteroatoms. The fraction of sp³-hybridized carbons (Fsp3) is 0.261. The lowest BCUT2D eigenvalue weighted by molar-refractivity contribution is 0.0736. The van der Waals surface area contributed by atoms with Crippen molar-refractivity contribution >= 4 is 21.8 Å². The van der Waals surface area contributed by atoms with Crippen LogP contribution < -0.4 is 4.74 Å². The zero-order valence-electron chi connectivity index (χ0n) is 16.1. The predicted molar refractivity (Wildman–Crippen MR) is 114 cm³/mol. The van der Waals surface area contributed by atoms with Crippen LogP contribution in [0.3, 0.4) is 0 Å². The van der Waals surface area contributed by atoms with Crippen LogP contribution in [0.5, 0.6) is 5.75 Å². The fourth-order valence-corrected chi connectivity index (χ4v) is 3.27. The minimum atomic E-state index is 0.0187. The quantitative estimate of drug-likeness (QED) is 0.449. The molecule has 146 valence electrons. The van der Waals surface area contributed by atoms with Gasteiger partial charge >= 0.3 is 0 Å². The summed E-state index contributed by atoms with van der Waals surface area (Å²) in [6, 6.07) is 19.3. The van der Waals surface area contributed by atoms with Crippen LogP contribution in [0, 0.1) is 0 Å². The van der Waals surface area contributed by atoms with Gasteiger partial charge in [0.1, 0.15) is 18.1 Å². The van der Waals surface area contributed by atoms with Gasteiger partial charge in [-0.3, -0.25) is 4.79 Å². The third-order valence-corrected chi connectivity index (χ3v) is 5.46. The predicted octanol–water partition coefficient (Wildman–Crippen LogP) is 5.71. The first-order chi connectivity index (χ1) is 13.5. The topological polar surface area (TPSA) is 42.7 Å². The van der Waals surface area contributed by atoms with Crippen molar-refractivity contribution in [1.29, 1.82) is 0 Å². The zero-order valence-corrected chi connectivity index (χ0v) is 17.7. The van der Waals surface area contributed by atoms with E-state index in [4.69, 9.17) is 9.15 Å². The molecule has 0 aliphatic rings. The molecular formula is C23H24BrNO3. The number of ether oxygens (including phenoxy) is 1. The number of amides is 1. The van der Waals surface area contributed by atoms with E-state index in [2.05, 4.69) is 22.9 Å². The van der Waals surface area contributed by atoms with Gasteiger partial charge in [-0.2, -0.15) is 0 Å². The first-order valence-corrected chi connectivity index (χ1v) is 10.1. The number of benzene rings is 2. The number of carbonyl (C=O) groups is 1. The van der Waals surface area contributed by atoms with E-state index in [1.165, 1.54) is 0 Å². The van der Waals surface area contributed by atoms with Crippen molar-refractivity contribution in [3.05, 3.63) is 88.3 Å². The molecule has 1 heterocycles. The van der Waals surface area contributed by atoms with Gasteiger partial charge in [-0.15, -0.1) is 0 Å². The second-order valence-electron chi connectivity index (χ2n) is 6.80. The van der Waals surface area contributed by atoms with Gasteiger partial charge in [0.05, 0.1) is 10.7 Å². The highest BCUT2D eigenvalue weighted by molar-refractivity contribution is 9.10. The van der Waals surface area contributed by atoms with Crippen LogP contribution in [-0.4, -0.2) is 23.9 Å². The van der Waals surface area contributed by atoms with Crippen molar-refractivity contribution in [2.75, 3.05) is 7.05 Å². The number of nitrogens with zero attached hydrogens (tertiary/aromatic N) is 1. The van der Waals surface area contributed by atoms with E-state index < -0.39 is 0 Å². The Kier molecular flexibility index (Phi) is 6.93. The van der Waals surface area contributed by atoms with E-state index in [0.29, 0.717) is 12.2 Å². The molecule has 1 aromatic heterocycles. The van der Waals surface area contributed by atoms with Gasteiger partial charge in [0.2, 0.25) is 0 Å². The molecule has 0 aliphatic carbocycles. The second kappa shape index (κ2) is 9.60. The highest BCUT2D eigenvalue weighted by Gasteiger charge is 2.17. The van der Waals surface area contributed by atoms with Crippen molar-refractivity contribution in [2.45, 2.75) is 32.4 Å². The Labute approximate surface area is 174 Å². The number of para-hydroxylation sites is 1. The van der Waals surface area contributed by atoms with E-state index >= 15 is 0 Å². The molecule has 2 aromatic carbocycles. The van der Waals surface area contributed by atoms with Crippen molar-refractivity contribution in [3.63, 3.8) is 0 Å². The summed E-state index contributed by atoms with van der Waals surface area (Å²) in [5.41, 5.74) is 1.69. The summed E-state index contributed by atoms with van der Waals surface area (Å²) in [6.45, 7) is 2.51. The third-order valence-electron chi connectivity index (χ3n) is 4.80. The third kappa shape index (κ3) is 5.26. The van der Waals surface area contributed by atoms with Gasteiger partial charge in [-0.05, 0) is 71.2 Å². The Morgan fingerprint density at radius 2 is 1.86 bits per heavy atom. The minimum absolute atomic E-state index is 0.0187. The van der Waals surface area contributed by atoms with E-state index in [1.54, 1.807) is 11.2 Å². The molecule has 28 heavy (non-hydrogen) atoms. The SMILES string of the molecule is C[C@H](CCc1ccco1)N(C)C(=O)c1ccc(COc2ccccc2Br)cc1. The number of aryl methyl sites for hydroxylation is 1. The Bertz CT molecular complexity index is 890. The number of carbonyl (C=O) groups excluding carboxylic acids is 1. The molecule has 0 fully saturated rings. The van der Waals surface area contributed by atoms with Gasteiger partial charge in [-0.25, -0.2) is 0 Å². The molecule has 0 unspecified atom stereocenters. The summed E-state index contributed by atoms with van der Waals surface area (Å²) in [7, 11) is 1.85. The molecule has 3 rings (SSSR count). The fourth-order valence-electron chi connectivity index (χ4n) is 2.87. The average molecular weight is 442 g/mol. The van der Waals surface area contributed by atoms with Gasteiger partial charge in [0.25, 0.3) is 5.91 Å². The van der Waals surface area contributed by atoms with E-state index in [9.17, 15) is 4.79 Å². The molecule has 0 saturated carbocycles. The summed E-state index contributed by atoms with van der Waals surface area (Å²) in [5.74, 6) is 1.76. The Morgan fingerprint density at radius 3 is 2.54 bits per heavy atom. The van der Waals surface area contributed by atoms with Crippen LogP contribution in [0.4, 0.5) is 0 Å². The number of furan rings is 1. The van der Waals surface area contributed by atoms with Crippen molar-refractivity contribution < 1.29 is 13.9 Å². The molecule has 0 aliphatic heterocycles. The molecule has 1 amide bonds. The maximum Gasteiger partial charge on any atom is 0.253 e. The van der Waals surface area contributed by atoms with E-state index in [0.717, 1.165) is 34.4 Å². The molecular weight excluding hydrogens is 418 g/mol. The average Bonchev–Trinajstić information content (AvgIpc) is 3.24. The maximum atomic E-state index is 12.7. The lowest BCUT2D eigenvalue weighted by atomic mass is 10.1. The van der Waals surface area contributed by atoms with Crippen molar-refractivity contribution in [3.8, 4) is 5.75 Å². The number of hydrogen-bond donors (Lipinski definition) is 0. The van der Waals surface area contributed by atoms with Crippen LogP contribution in [0.1, 0.15) is 35.0 Å². The Balaban J connectivity index is 1.54. The lowest BCUT2D eigenvalue weighted by Crippen LogP contribution is -2.35. The molecule has 1 atom stereocenters. The monoisotopic (exact) mass is 441 g/mol. The smallest absolute Gasteiger partial charge is 0.253 e. The molecule has 4 nitrogen and oxygen atoms in total. The highest BCUT2D eigenvalue weighted by atomic mass is 79.9. The van der Waals surface area contributed by atoms with Gasteiger partial charge in [-0.1, -0.05) is 24.3 Å². The van der Waals surface area contributed by atoms with Crippen LogP contribution in [0.15, 0.2) is 75.8 Å².